The van der Waals surface area contributed by atoms with E-state index in [2.05, 4.69) is 35.7 Å². The van der Waals surface area contributed by atoms with Gasteiger partial charge in [-0.1, -0.05) is 30.4 Å². The third-order valence-electron chi connectivity index (χ3n) is 2.30. The number of rotatable bonds is 2. The number of thiocarbonyl (C=S) groups is 1. The second-order valence-electron chi connectivity index (χ2n) is 3.48. The van der Waals surface area contributed by atoms with E-state index in [1.54, 1.807) is 0 Å². The molecular formula is C11H11N3OS2. The van der Waals surface area contributed by atoms with Gasteiger partial charge in [0.25, 0.3) is 5.91 Å². The molecule has 2 rings (SSSR count). The first-order chi connectivity index (χ1) is 8.16. The summed E-state index contributed by atoms with van der Waals surface area (Å²) in [4.78, 5) is 11.6. The maximum absolute atomic E-state index is 11.6. The molecule has 0 unspecified atom stereocenters. The lowest BCUT2D eigenvalue weighted by Crippen LogP contribution is -2.40. The third kappa shape index (κ3) is 2.98. The van der Waals surface area contributed by atoms with E-state index >= 15 is 0 Å². The molecule has 1 heterocycles. The summed E-state index contributed by atoms with van der Waals surface area (Å²) in [6, 6.07) is 9.86. The number of para-hydroxylation sites is 1. The first-order valence-electron chi connectivity index (χ1n) is 4.98. The molecule has 2 aromatic rings. The van der Waals surface area contributed by atoms with Gasteiger partial charge in [0.05, 0.1) is 0 Å². The number of amides is 1. The van der Waals surface area contributed by atoms with Crippen molar-refractivity contribution in [1.82, 2.24) is 15.4 Å². The molecule has 0 saturated carbocycles. The lowest BCUT2D eigenvalue weighted by molar-refractivity contribution is -0.122. The molecule has 0 spiro atoms. The van der Waals surface area contributed by atoms with Crippen molar-refractivity contribution in [2.45, 2.75) is 6.54 Å². The molecule has 0 aliphatic rings. The molecule has 88 valence electrons. The number of benzene rings is 1. The van der Waals surface area contributed by atoms with E-state index in [1.807, 2.05) is 41.1 Å². The molecule has 1 aromatic carbocycles. The lowest BCUT2D eigenvalue weighted by Gasteiger charge is -2.07. The number of hydrogen-bond donors (Lipinski definition) is 3. The van der Waals surface area contributed by atoms with Crippen LogP contribution in [0.3, 0.4) is 0 Å². The van der Waals surface area contributed by atoms with Crippen LogP contribution < -0.4 is 10.9 Å². The van der Waals surface area contributed by atoms with Crippen molar-refractivity contribution in [3.05, 3.63) is 36.5 Å². The van der Waals surface area contributed by atoms with Crippen LogP contribution in [0.4, 0.5) is 0 Å². The van der Waals surface area contributed by atoms with E-state index in [0.29, 0.717) is 0 Å². The zero-order chi connectivity index (χ0) is 12.3. The van der Waals surface area contributed by atoms with Crippen molar-refractivity contribution < 1.29 is 4.79 Å². The highest BCUT2D eigenvalue weighted by Gasteiger charge is 2.05. The van der Waals surface area contributed by atoms with Crippen molar-refractivity contribution >= 4 is 46.0 Å². The maximum atomic E-state index is 11.6. The SMILES string of the molecule is O=C(Cn1ccc2ccccc21)NNC(=S)S. The number of nitrogens with zero attached hydrogens (tertiary/aromatic N) is 1. The number of carbonyl (C=O) groups is 1. The van der Waals surface area contributed by atoms with Crippen LogP contribution in [0.1, 0.15) is 0 Å². The average molecular weight is 265 g/mol. The van der Waals surface area contributed by atoms with Crippen LogP contribution in [-0.4, -0.2) is 14.8 Å². The molecule has 0 bridgehead atoms. The summed E-state index contributed by atoms with van der Waals surface area (Å²) in [7, 11) is 0. The highest BCUT2D eigenvalue weighted by Crippen LogP contribution is 2.14. The van der Waals surface area contributed by atoms with Gasteiger partial charge < -0.3 is 4.57 Å². The Morgan fingerprint density at radius 3 is 2.82 bits per heavy atom. The van der Waals surface area contributed by atoms with Gasteiger partial charge in [0.2, 0.25) is 0 Å². The summed E-state index contributed by atoms with van der Waals surface area (Å²) in [5, 5.41) is 1.11. The molecule has 0 atom stereocenters. The smallest absolute Gasteiger partial charge is 0.258 e. The Balaban J connectivity index is 2.08. The fourth-order valence-electron chi connectivity index (χ4n) is 1.60. The summed E-state index contributed by atoms with van der Waals surface area (Å²) < 4.78 is 2.10. The van der Waals surface area contributed by atoms with Crippen LogP contribution in [-0.2, 0) is 11.3 Å². The van der Waals surface area contributed by atoms with Gasteiger partial charge >= 0.3 is 0 Å². The van der Waals surface area contributed by atoms with Crippen molar-refractivity contribution in [3.63, 3.8) is 0 Å². The highest BCUT2D eigenvalue weighted by atomic mass is 32.1. The Morgan fingerprint density at radius 2 is 2.06 bits per heavy atom. The molecule has 2 N–H and O–H groups in total. The normalized spacial score (nSPS) is 10.2. The summed E-state index contributed by atoms with van der Waals surface area (Å²) in [5.41, 5.74) is 5.97. The van der Waals surface area contributed by atoms with Crippen molar-refractivity contribution in [2.24, 2.45) is 0 Å². The van der Waals surface area contributed by atoms with Gasteiger partial charge in [0.15, 0.2) is 0 Å². The minimum absolute atomic E-state index is 0.178. The van der Waals surface area contributed by atoms with Gasteiger partial charge in [-0.2, -0.15) is 0 Å². The minimum Gasteiger partial charge on any atom is -0.338 e. The Bertz CT molecular complexity index is 565. The summed E-state index contributed by atoms with van der Waals surface area (Å²) in [6.45, 7) is 0.233. The summed E-state index contributed by atoms with van der Waals surface area (Å²) in [5.74, 6) is -0.178. The molecule has 4 nitrogen and oxygen atoms in total. The second-order valence-corrected chi connectivity index (χ2v) is 4.64. The van der Waals surface area contributed by atoms with Gasteiger partial charge in [-0.15, -0.1) is 12.6 Å². The molecule has 1 aromatic heterocycles. The predicted molar refractivity (Wildman–Crippen MR) is 74.8 cm³/mol. The minimum atomic E-state index is -0.178. The Morgan fingerprint density at radius 1 is 1.29 bits per heavy atom. The summed E-state index contributed by atoms with van der Waals surface area (Å²) >= 11 is 8.51. The van der Waals surface area contributed by atoms with Crippen LogP contribution in [0.15, 0.2) is 36.5 Å². The highest BCUT2D eigenvalue weighted by molar-refractivity contribution is 8.11. The van der Waals surface area contributed by atoms with Gasteiger partial charge in [-0.05, 0) is 17.5 Å². The fraction of sp³-hybridized carbons (Fsp3) is 0.0909. The molecule has 0 radical (unpaired) electrons. The topological polar surface area (TPSA) is 46.1 Å². The average Bonchev–Trinajstić information content (AvgIpc) is 2.70. The zero-order valence-electron chi connectivity index (χ0n) is 8.88. The van der Waals surface area contributed by atoms with E-state index in [-0.39, 0.29) is 16.8 Å². The van der Waals surface area contributed by atoms with Gasteiger partial charge in [0, 0.05) is 11.7 Å². The van der Waals surface area contributed by atoms with E-state index in [0.717, 1.165) is 10.9 Å². The van der Waals surface area contributed by atoms with E-state index in [1.165, 1.54) is 0 Å². The molecule has 0 aliphatic heterocycles. The fourth-order valence-corrected chi connectivity index (χ4v) is 1.70. The lowest BCUT2D eigenvalue weighted by atomic mass is 10.2. The largest absolute Gasteiger partial charge is 0.338 e. The maximum Gasteiger partial charge on any atom is 0.258 e. The number of fused-ring (bicyclic) bond motifs is 1. The molecular weight excluding hydrogens is 254 g/mol. The third-order valence-corrected chi connectivity index (χ3v) is 2.52. The molecule has 6 heteroatoms. The number of thiol groups is 1. The van der Waals surface area contributed by atoms with Crippen molar-refractivity contribution in [3.8, 4) is 0 Å². The molecule has 1 amide bonds. The number of hydrogen-bond acceptors (Lipinski definition) is 2. The number of carbonyl (C=O) groups excluding carboxylic acids is 1. The van der Waals surface area contributed by atoms with E-state index in [9.17, 15) is 4.79 Å². The van der Waals surface area contributed by atoms with Crippen LogP contribution in [0.25, 0.3) is 10.9 Å². The van der Waals surface area contributed by atoms with Crippen LogP contribution in [0.2, 0.25) is 0 Å². The Hall–Kier alpha value is -1.53. The first-order valence-corrected chi connectivity index (χ1v) is 5.84. The molecule has 0 saturated heterocycles. The predicted octanol–water partition coefficient (Wildman–Crippen LogP) is 1.48. The molecule has 0 fully saturated rings. The van der Waals surface area contributed by atoms with Crippen molar-refractivity contribution in [1.29, 1.82) is 0 Å². The molecule has 17 heavy (non-hydrogen) atoms. The monoisotopic (exact) mass is 265 g/mol. The van der Waals surface area contributed by atoms with Crippen molar-refractivity contribution in [2.75, 3.05) is 0 Å². The number of aromatic nitrogens is 1. The number of nitrogens with one attached hydrogen (secondary N) is 2. The van der Waals surface area contributed by atoms with Crippen LogP contribution >= 0.6 is 24.8 Å². The second kappa shape index (κ2) is 5.20. The van der Waals surface area contributed by atoms with Crippen LogP contribution in [0.5, 0.6) is 0 Å². The van der Waals surface area contributed by atoms with Crippen LogP contribution in [0, 0.1) is 0 Å². The summed E-state index contributed by atoms with van der Waals surface area (Å²) in [6.07, 6.45) is 1.88. The number of hydrazine groups is 1. The standard InChI is InChI=1S/C11H11N3OS2/c15-10(12-13-11(16)17)7-14-6-5-8-3-1-2-4-9(8)14/h1-6H,7H2,(H,12,15)(H2,13,16,17). The Kier molecular flexibility index (Phi) is 3.65. The van der Waals surface area contributed by atoms with E-state index < -0.39 is 0 Å². The Labute approximate surface area is 109 Å². The quantitative estimate of drug-likeness (QED) is 0.438. The van der Waals surface area contributed by atoms with Gasteiger partial charge in [0.1, 0.15) is 10.9 Å². The molecule has 0 aliphatic carbocycles. The zero-order valence-corrected chi connectivity index (χ0v) is 10.6. The van der Waals surface area contributed by atoms with Gasteiger partial charge in [-0.3, -0.25) is 15.6 Å². The van der Waals surface area contributed by atoms with Gasteiger partial charge in [-0.25, -0.2) is 0 Å². The first kappa shape index (κ1) is 11.9. The van der Waals surface area contributed by atoms with E-state index in [4.69, 9.17) is 0 Å².